The average Bonchev–Trinajstić information content (AvgIpc) is 2.28. The number of hydrogen-bond acceptors (Lipinski definition) is 4. The van der Waals surface area contributed by atoms with Crippen molar-refractivity contribution in [3.05, 3.63) is 28.2 Å². The summed E-state index contributed by atoms with van der Waals surface area (Å²) in [5.41, 5.74) is 6.60. The molecule has 0 aliphatic heterocycles. The molecule has 2 N–H and O–H groups in total. The third kappa shape index (κ3) is 3.36. The predicted octanol–water partition coefficient (Wildman–Crippen LogP) is 0.402. The topological polar surface area (TPSA) is 66.5 Å². The van der Waals surface area contributed by atoms with Gasteiger partial charge in [-0.3, -0.25) is 4.79 Å². The maximum absolute atomic E-state index is 11.7. The molecule has 1 aromatic heterocycles. The lowest BCUT2D eigenvalue weighted by atomic mass is 10.2. The fraction of sp³-hybridized carbons (Fsp3) is 0.545. The van der Waals surface area contributed by atoms with Crippen molar-refractivity contribution in [2.75, 3.05) is 32.7 Å². The Bertz CT molecular complexity index is 387. The Hall–Kier alpha value is -1.33. The summed E-state index contributed by atoms with van der Waals surface area (Å²) in [4.78, 5) is 11.7. The van der Waals surface area contributed by atoms with Gasteiger partial charge in [0.15, 0.2) is 0 Å². The highest BCUT2D eigenvalue weighted by Crippen LogP contribution is 2.02. The molecule has 1 aromatic rings. The Morgan fingerprint density at radius 1 is 1.38 bits per heavy atom. The Morgan fingerprint density at radius 2 is 2.12 bits per heavy atom. The van der Waals surface area contributed by atoms with Crippen LogP contribution in [-0.4, -0.2) is 31.5 Å². The van der Waals surface area contributed by atoms with Crippen LogP contribution in [0.3, 0.4) is 0 Å². The highest BCUT2D eigenvalue weighted by Gasteiger charge is 2.02. The first-order valence-corrected chi connectivity index (χ1v) is 5.19. The number of anilines is 1. The molecule has 0 spiro atoms. The molecule has 1 heterocycles. The summed E-state index contributed by atoms with van der Waals surface area (Å²) < 4.78 is 11.7. The molecule has 16 heavy (non-hydrogen) atoms. The number of ether oxygens (including phenoxy) is 2. The minimum absolute atomic E-state index is 0.157. The molecule has 90 valence electrons. The first-order chi connectivity index (χ1) is 7.66. The minimum Gasteiger partial charge on any atom is -0.394 e. The first kappa shape index (κ1) is 12.7. The number of aromatic nitrogens is 1. The van der Waals surface area contributed by atoms with E-state index in [2.05, 4.69) is 0 Å². The number of methoxy groups -OCH3 is 1. The monoisotopic (exact) mass is 226 g/mol. The number of nitrogens with two attached hydrogens (primary N) is 1. The second-order valence-corrected chi connectivity index (χ2v) is 3.52. The number of hydrogen-bond donors (Lipinski definition) is 1. The van der Waals surface area contributed by atoms with Crippen molar-refractivity contribution in [1.82, 2.24) is 4.57 Å². The van der Waals surface area contributed by atoms with Crippen molar-refractivity contribution in [3.8, 4) is 0 Å². The molecule has 0 saturated heterocycles. The largest absolute Gasteiger partial charge is 0.394 e. The van der Waals surface area contributed by atoms with Gasteiger partial charge in [0.2, 0.25) is 0 Å². The molecule has 5 heteroatoms. The lowest BCUT2D eigenvalue weighted by Crippen LogP contribution is -2.25. The van der Waals surface area contributed by atoms with Crippen LogP contribution < -0.4 is 11.3 Å². The zero-order valence-electron chi connectivity index (χ0n) is 9.73. The Labute approximate surface area is 94.8 Å². The number of pyridine rings is 1. The van der Waals surface area contributed by atoms with Crippen molar-refractivity contribution in [1.29, 1.82) is 0 Å². The molecular formula is C11H18N2O3. The molecule has 0 saturated carbocycles. The van der Waals surface area contributed by atoms with E-state index in [4.69, 9.17) is 15.2 Å². The maximum Gasteiger partial charge on any atom is 0.274 e. The standard InChI is InChI=1S/C11H18N2O3/c1-9-3-4-13(11(14)10(9)12)5-6-16-8-7-15-2/h3-4H,5-8,12H2,1-2H3. The van der Waals surface area contributed by atoms with Crippen molar-refractivity contribution in [2.45, 2.75) is 13.5 Å². The minimum atomic E-state index is -0.157. The third-order valence-corrected chi connectivity index (χ3v) is 2.33. The van der Waals surface area contributed by atoms with Crippen LogP contribution in [-0.2, 0) is 16.0 Å². The van der Waals surface area contributed by atoms with Crippen LogP contribution in [0.4, 0.5) is 5.69 Å². The van der Waals surface area contributed by atoms with Gasteiger partial charge in [-0.05, 0) is 18.6 Å². The van der Waals surface area contributed by atoms with E-state index in [9.17, 15) is 4.79 Å². The molecule has 1 rings (SSSR count). The molecule has 5 nitrogen and oxygen atoms in total. The van der Waals surface area contributed by atoms with E-state index < -0.39 is 0 Å². The van der Waals surface area contributed by atoms with Crippen LogP contribution in [0.25, 0.3) is 0 Å². The van der Waals surface area contributed by atoms with Gasteiger partial charge in [-0.1, -0.05) is 0 Å². The summed E-state index contributed by atoms with van der Waals surface area (Å²) in [5, 5.41) is 0. The number of aryl methyl sites for hydroxylation is 1. The second-order valence-electron chi connectivity index (χ2n) is 3.52. The zero-order chi connectivity index (χ0) is 12.0. The van der Waals surface area contributed by atoms with Crippen molar-refractivity contribution in [3.63, 3.8) is 0 Å². The molecular weight excluding hydrogens is 208 g/mol. The van der Waals surface area contributed by atoms with E-state index in [0.29, 0.717) is 32.1 Å². The van der Waals surface area contributed by atoms with E-state index in [1.807, 2.05) is 13.0 Å². The van der Waals surface area contributed by atoms with Crippen LogP contribution >= 0.6 is 0 Å². The molecule has 0 radical (unpaired) electrons. The maximum atomic E-state index is 11.7. The van der Waals surface area contributed by atoms with Gasteiger partial charge in [0.1, 0.15) is 5.69 Å². The highest BCUT2D eigenvalue weighted by molar-refractivity contribution is 5.42. The molecule has 0 atom stereocenters. The van der Waals surface area contributed by atoms with E-state index in [1.54, 1.807) is 17.9 Å². The van der Waals surface area contributed by atoms with E-state index in [-0.39, 0.29) is 5.56 Å². The first-order valence-electron chi connectivity index (χ1n) is 5.19. The number of rotatable bonds is 6. The summed E-state index contributed by atoms with van der Waals surface area (Å²) in [6, 6.07) is 1.83. The van der Waals surface area contributed by atoms with Crippen molar-refractivity contribution >= 4 is 5.69 Å². The molecule has 0 fully saturated rings. The Kier molecular flexibility index (Phi) is 5.01. The molecule has 0 amide bonds. The van der Waals surface area contributed by atoms with Crippen LogP contribution in [0.1, 0.15) is 5.56 Å². The van der Waals surface area contributed by atoms with Crippen LogP contribution in [0, 0.1) is 6.92 Å². The molecule has 0 aromatic carbocycles. The predicted molar refractivity (Wildman–Crippen MR) is 62.5 cm³/mol. The summed E-state index contributed by atoms with van der Waals surface area (Å²) in [6.45, 7) is 3.90. The average molecular weight is 226 g/mol. The number of nitrogens with zero attached hydrogens (tertiary/aromatic N) is 1. The summed E-state index contributed by atoms with van der Waals surface area (Å²) in [6.07, 6.45) is 1.73. The van der Waals surface area contributed by atoms with Gasteiger partial charge in [0.05, 0.1) is 19.8 Å². The SMILES string of the molecule is COCCOCCn1ccc(C)c(N)c1=O. The summed E-state index contributed by atoms with van der Waals surface area (Å²) in [5.74, 6) is 0. The summed E-state index contributed by atoms with van der Waals surface area (Å²) >= 11 is 0. The van der Waals surface area contributed by atoms with Gasteiger partial charge >= 0.3 is 0 Å². The lowest BCUT2D eigenvalue weighted by Gasteiger charge is -2.08. The van der Waals surface area contributed by atoms with Crippen LogP contribution in [0.5, 0.6) is 0 Å². The van der Waals surface area contributed by atoms with E-state index >= 15 is 0 Å². The molecule has 0 aliphatic carbocycles. The molecule has 0 unspecified atom stereocenters. The Balaban J connectivity index is 2.49. The molecule has 0 bridgehead atoms. The second kappa shape index (κ2) is 6.30. The van der Waals surface area contributed by atoms with Gasteiger partial charge in [-0.15, -0.1) is 0 Å². The van der Waals surface area contributed by atoms with E-state index in [1.165, 1.54) is 0 Å². The van der Waals surface area contributed by atoms with Crippen LogP contribution in [0.15, 0.2) is 17.1 Å². The lowest BCUT2D eigenvalue weighted by molar-refractivity contribution is 0.0663. The van der Waals surface area contributed by atoms with Crippen LogP contribution in [0.2, 0.25) is 0 Å². The summed E-state index contributed by atoms with van der Waals surface area (Å²) in [7, 11) is 1.62. The van der Waals surface area contributed by atoms with Gasteiger partial charge in [-0.2, -0.15) is 0 Å². The third-order valence-electron chi connectivity index (χ3n) is 2.33. The normalized spacial score (nSPS) is 10.6. The quantitative estimate of drug-likeness (QED) is 0.713. The fourth-order valence-corrected chi connectivity index (χ4v) is 1.27. The van der Waals surface area contributed by atoms with Gasteiger partial charge < -0.3 is 19.8 Å². The van der Waals surface area contributed by atoms with Crippen molar-refractivity contribution < 1.29 is 9.47 Å². The highest BCUT2D eigenvalue weighted by atomic mass is 16.5. The number of nitrogen functional groups attached to an aromatic ring is 1. The van der Waals surface area contributed by atoms with Gasteiger partial charge in [0, 0.05) is 19.9 Å². The van der Waals surface area contributed by atoms with Gasteiger partial charge in [0.25, 0.3) is 5.56 Å². The van der Waals surface area contributed by atoms with Crippen molar-refractivity contribution in [2.24, 2.45) is 0 Å². The van der Waals surface area contributed by atoms with E-state index in [0.717, 1.165) is 5.56 Å². The zero-order valence-corrected chi connectivity index (χ0v) is 9.73. The smallest absolute Gasteiger partial charge is 0.274 e. The fourth-order valence-electron chi connectivity index (χ4n) is 1.27. The van der Waals surface area contributed by atoms with Gasteiger partial charge in [-0.25, -0.2) is 0 Å². The Morgan fingerprint density at radius 3 is 2.81 bits per heavy atom. The molecule has 0 aliphatic rings.